The van der Waals surface area contributed by atoms with Crippen LogP contribution in [-0.2, 0) is 0 Å². The average molecular weight is 403 g/mol. The third kappa shape index (κ3) is 2.69. The van der Waals surface area contributed by atoms with Crippen LogP contribution in [-0.4, -0.2) is 4.75 Å². The van der Waals surface area contributed by atoms with Gasteiger partial charge in [0.15, 0.2) is 0 Å². The third-order valence-corrected chi connectivity index (χ3v) is 6.77. The van der Waals surface area contributed by atoms with Crippen LogP contribution in [0.25, 0.3) is 49.7 Å². The molecular weight excluding hydrogens is 380 g/mol. The maximum absolute atomic E-state index is 4.68. The van der Waals surface area contributed by atoms with Crippen molar-refractivity contribution in [1.29, 1.82) is 0 Å². The van der Waals surface area contributed by atoms with E-state index in [4.69, 9.17) is 0 Å². The van der Waals surface area contributed by atoms with Gasteiger partial charge < -0.3 is 0 Å². The van der Waals surface area contributed by atoms with Gasteiger partial charge >= 0.3 is 0 Å². The largest absolute Gasteiger partial charge is 0.168 e. The summed E-state index contributed by atoms with van der Waals surface area (Å²) in [5.74, 6) is 0. The Morgan fingerprint density at radius 1 is 0.667 bits per heavy atom. The molecule has 0 bridgehead atoms. The Morgan fingerprint density at radius 3 is 2.00 bits per heavy atom. The van der Waals surface area contributed by atoms with Crippen LogP contribution in [0, 0.1) is 0 Å². The fourth-order valence-corrected chi connectivity index (χ4v) is 5.00. The van der Waals surface area contributed by atoms with E-state index in [2.05, 4.69) is 117 Å². The van der Waals surface area contributed by atoms with Crippen LogP contribution >= 0.6 is 12.6 Å². The summed E-state index contributed by atoms with van der Waals surface area (Å²) in [5, 5.41) is 2.71. The van der Waals surface area contributed by atoms with E-state index in [9.17, 15) is 0 Å². The van der Waals surface area contributed by atoms with Gasteiger partial charge in [0, 0.05) is 4.75 Å². The van der Waals surface area contributed by atoms with E-state index in [1.54, 1.807) is 0 Å². The fraction of sp³-hybridized carbons (Fsp3) is 0.103. The Balaban J connectivity index is 1.44. The van der Waals surface area contributed by atoms with Crippen LogP contribution in [0.5, 0.6) is 0 Å². The summed E-state index contributed by atoms with van der Waals surface area (Å²) in [6.07, 6.45) is 7.64. The molecule has 0 heterocycles. The number of rotatable bonds is 2. The van der Waals surface area contributed by atoms with Gasteiger partial charge in [0.2, 0.25) is 0 Å². The number of fused-ring (bicyclic) bond motifs is 3. The van der Waals surface area contributed by atoms with Gasteiger partial charge in [-0.25, -0.2) is 0 Å². The second kappa shape index (κ2) is 6.48. The lowest BCUT2D eigenvalue weighted by Gasteiger charge is -2.22. The minimum absolute atomic E-state index is 0.0361. The minimum atomic E-state index is -0.0361. The SMILES string of the molecule is CC1(S)C=CC(c2ccc(-c3ccc4c5c(cccc35)-c3ccccc3-4)cc2)=CC1. The van der Waals surface area contributed by atoms with Crippen LogP contribution in [0.3, 0.4) is 0 Å². The Hall–Kier alpha value is -3.03. The minimum Gasteiger partial charge on any atom is -0.168 e. The first kappa shape index (κ1) is 17.8. The number of thiol groups is 1. The van der Waals surface area contributed by atoms with Crippen LogP contribution in [0.1, 0.15) is 18.9 Å². The molecule has 0 amide bonds. The lowest BCUT2D eigenvalue weighted by Crippen LogP contribution is -2.13. The molecule has 0 aromatic heterocycles. The third-order valence-electron chi connectivity index (χ3n) is 6.43. The van der Waals surface area contributed by atoms with Gasteiger partial charge in [0.1, 0.15) is 0 Å². The molecule has 144 valence electrons. The zero-order valence-corrected chi connectivity index (χ0v) is 17.8. The quantitative estimate of drug-likeness (QED) is 0.283. The summed E-state index contributed by atoms with van der Waals surface area (Å²) >= 11 is 4.68. The second-order valence-corrected chi connectivity index (χ2v) is 9.59. The molecule has 0 fully saturated rings. The van der Waals surface area contributed by atoms with E-state index >= 15 is 0 Å². The molecule has 0 aliphatic heterocycles. The Morgan fingerprint density at radius 2 is 1.30 bits per heavy atom. The van der Waals surface area contributed by atoms with Crippen LogP contribution in [0.4, 0.5) is 0 Å². The standard InChI is InChI=1S/C29H22S/c1-29(30)17-15-20(16-18-29)19-9-11-21(12-10-19)22-13-14-27-24-6-3-2-5-23(24)26-8-4-7-25(22)28(26)27/h2-17,30H,18H2,1H3. The molecule has 0 spiro atoms. The summed E-state index contributed by atoms with van der Waals surface area (Å²) < 4.78 is -0.0361. The first-order valence-electron chi connectivity index (χ1n) is 10.5. The number of hydrogen-bond donors (Lipinski definition) is 1. The van der Waals surface area contributed by atoms with Crippen molar-refractivity contribution in [2.24, 2.45) is 0 Å². The molecular formula is C29H22S. The molecule has 0 nitrogen and oxygen atoms in total. The summed E-state index contributed by atoms with van der Waals surface area (Å²) in [6, 6.07) is 29.0. The second-order valence-electron chi connectivity index (χ2n) is 8.57. The molecule has 1 heteroatoms. The summed E-state index contributed by atoms with van der Waals surface area (Å²) in [4.78, 5) is 0. The highest BCUT2D eigenvalue weighted by atomic mass is 32.1. The van der Waals surface area contributed by atoms with E-state index in [1.165, 1.54) is 55.3 Å². The van der Waals surface area contributed by atoms with E-state index in [1.807, 2.05) is 0 Å². The Labute approximate surface area is 183 Å². The first-order valence-corrected chi connectivity index (χ1v) is 10.9. The maximum atomic E-state index is 4.68. The number of hydrogen-bond acceptors (Lipinski definition) is 1. The normalized spacial score (nSPS) is 19.1. The lowest BCUT2D eigenvalue weighted by molar-refractivity contribution is 0.808. The first-order chi connectivity index (χ1) is 14.6. The maximum Gasteiger partial charge on any atom is 0.0318 e. The molecule has 4 aromatic carbocycles. The number of allylic oxidation sites excluding steroid dienone is 3. The Bertz CT molecular complexity index is 1340. The zero-order valence-electron chi connectivity index (χ0n) is 16.9. The van der Waals surface area contributed by atoms with E-state index < -0.39 is 0 Å². The average Bonchev–Trinajstić information content (AvgIpc) is 3.10. The summed E-state index contributed by atoms with van der Waals surface area (Å²) in [6.45, 7) is 2.15. The van der Waals surface area contributed by atoms with Crippen molar-refractivity contribution < 1.29 is 0 Å². The van der Waals surface area contributed by atoms with Gasteiger partial charge in [-0.05, 0) is 68.6 Å². The topological polar surface area (TPSA) is 0 Å². The predicted molar refractivity (Wildman–Crippen MR) is 133 cm³/mol. The molecule has 1 unspecified atom stereocenters. The molecule has 0 N–H and O–H groups in total. The van der Waals surface area contributed by atoms with Crippen LogP contribution in [0.2, 0.25) is 0 Å². The van der Waals surface area contributed by atoms with E-state index in [-0.39, 0.29) is 4.75 Å². The summed E-state index contributed by atoms with van der Waals surface area (Å²) in [5.41, 5.74) is 10.5. The van der Waals surface area contributed by atoms with Gasteiger partial charge in [-0.15, -0.1) is 0 Å². The van der Waals surface area contributed by atoms with Crippen molar-refractivity contribution >= 4 is 29.0 Å². The van der Waals surface area contributed by atoms with Crippen molar-refractivity contribution in [2.75, 3.05) is 0 Å². The van der Waals surface area contributed by atoms with Gasteiger partial charge in [-0.3, -0.25) is 0 Å². The van der Waals surface area contributed by atoms with Crippen molar-refractivity contribution in [1.82, 2.24) is 0 Å². The molecule has 30 heavy (non-hydrogen) atoms. The van der Waals surface area contributed by atoms with Crippen molar-refractivity contribution in [2.45, 2.75) is 18.1 Å². The molecule has 0 saturated heterocycles. The van der Waals surface area contributed by atoms with Gasteiger partial charge in [-0.1, -0.05) is 97.1 Å². The lowest BCUT2D eigenvalue weighted by atomic mass is 9.91. The van der Waals surface area contributed by atoms with Crippen LogP contribution < -0.4 is 0 Å². The van der Waals surface area contributed by atoms with Crippen LogP contribution in [0.15, 0.2) is 97.1 Å². The smallest absolute Gasteiger partial charge is 0.0318 e. The van der Waals surface area contributed by atoms with E-state index in [0.29, 0.717) is 0 Å². The molecule has 0 radical (unpaired) electrons. The molecule has 6 rings (SSSR count). The highest BCUT2D eigenvalue weighted by molar-refractivity contribution is 7.82. The monoisotopic (exact) mass is 402 g/mol. The van der Waals surface area contributed by atoms with Crippen molar-refractivity contribution in [3.63, 3.8) is 0 Å². The van der Waals surface area contributed by atoms with Crippen molar-refractivity contribution in [3.05, 3.63) is 103 Å². The molecule has 0 saturated carbocycles. The van der Waals surface area contributed by atoms with E-state index in [0.717, 1.165) is 6.42 Å². The molecule has 2 aliphatic rings. The highest BCUT2D eigenvalue weighted by Gasteiger charge is 2.22. The molecule has 4 aromatic rings. The number of benzene rings is 4. The van der Waals surface area contributed by atoms with Gasteiger partial charge in [0.05, 0.1) is 0 Å². The van der Waals surface area contributed by atoms with Gasteiger partial charge in [0.25, 0.3) is 0 Å². The van der Waals surface area contributed by atoms with Gasteiger partial charge in [-0.2, -0.15) is 12.6 Å². The van der Waals surface area contributed by atoms with Crippen molar-refractivity contribution in [3.8, 4) is 33.4 Å². The predicted octanol–water partition coefficient (Wildman–Crippen LogP) is 8.19. The summed E-state index contributed by atoms with van der Waals surface area (Å²) in [7, 11) is 0. The Kier molecular flexibility index (Phi) is 3.85. The molecule has 2 aliphatic carbocycles. The fourth-order valence-electron chi connectivity index (χ4n) is 4.84. The highest BCUT2D eigenvalue weighted by Crippen LogP contribution is 2.49. The molecule has 1 atom stereocenters. The zero-order chi connectivity index (χ0) is 20.3.